The van der Waals surface area contributed by atoms with Crippen molar-refractivity contribution in [3.63, 3.8) is 0 Å². The zero-order valence-electron chi connectivity index (χ0n) is 17.6. The normalized spacial score (nSPS) is 11.4. The molecule has 7 nitrogen and oxygen atoms in total. The van der Waals surface area contributed by atoms with Crippen molar-refractivity contribution in [3.05, 3.63) is 73.6 Å². The van der Waals surface area contributed by atoms with E-state index in [2.05, 4.69) is 55.5 Å². The Kier molecular flexibility index (Phi) is 4.07. The standard InChI is InChI=1S/C25H20N6O/c1-31(2)17-8-16(11-26-12-17)22-10-20-24(13-27-22)29-30-25(20)23-9-19-18(15-6-7-32-14-15)4-3-5-21(19)28-23/h3-14,28H,1-2H3,(H,29,30). The van der Waals surface area contributed by atoms with Crippen LogP contribution in [0.4, 0.5) is 5.69 Å². The molecule has 0 aliphatic rings. The van der Waals surface area contributed by atoms with Gasteiger partial charge in [-0.2, -0.15) is 5.10 Å². The molecule has 0 aliphatic carbocycles. The predicted octanol–water partition coefficient (Wildman–Crippen LogP) is 5.49. The third-order valence-electron chi connectivity index (χ3n) is 5.73. The molecule has 0 aliphatic heterocycles. The number of H-pyrrole nitrogens is 2. The maximum absolute atomic E-state index is 5.29. The quantitative estimate of drug-likeness (QED) is 0.394. The van der Waals surface area contributed by atoms with E-state index in [1.807, 2.05) is 49.7 Å². The Morgan fingerprint density at radius 1 is 0.906 bits per heavy atom. The molecule has 5 heterocycles. The summed E-state index contributed by atoms with van der Waals surface area (Å²) in [6.45, 7) is 0. The van der Waals surface area contributed by atoms with Gasteiger partial charge in [-0.15, -0.1) is 0 Å². The predicted molar refractivity (Wildman–Crippen MR) is 126 cm³/mol. The number of nitrogens with zero attached hydrogens (tertiary/aromatic N) is 4. The van der Waals surface area contributed by atoms with Crippen LogP contribution in [0.1, 0.15) is 0 Å². The lowest BCUT2D eigenvalue weighted by Gasteiger charge is -2.12. The number of aromatic amines is 2. The van der Waals surface area contributed by atoms with Crippen LogP contribution in [0.5, 0.6) is 0 Å². The molecule has 0 atom stereocenters. The van der Waals surface area contributed by atoms with E-state index < -0.39 is 0 Å². The van der Waals surface area contributed by atoms with Gasteiger partial charge in [0, 0.05) is 47.7 Å². The van der Waals surface area contributed by atoms with Gasteiger partial charge < -0.3 is 14.3 Å². The summed E-state index contributed by atoms with van der Waals surface area (Å²) in [6.07, 6.45) is 8.95. The molecule has 6 aromatic rings. The van der Waals surface area contributed by atoms with Crippen LogP contribution in [-0.4, -0.2) is 39.2 Å². The number of furan rings is 1. The minimum Gasteiger partial charge on any atom is -0.472 e. The van der Waals surface area contributed by atoms with Crippen LogP contribution in [0, 0.1) is 0 Å². The summed E-state index contributed by atoms with van der Waals surface area (Å²) < 4.78 is 5.29. The van der Waals surface area contributed by atoms with E-state index in [4.69, 9.17) is 4.42 Å². The molecule has 0 saturated carbocycles. The summed E-state index contributed by atoms with van der Waals surface area (Å²) in [5.74, 6) is 0. The number of benzene rings is 1. The second-order valence-electron chi connectivity index (χ2n) is 7.98. The van der Waals surface area contributed by atoms with Gasteiger partial charge in [0.05, 0.1) is 47.5 Å². The molecule has 156 valence electrons. The largest absolute Gasteiger partial charge is 0.472 e. The molecule has 0 unspecified atom stereocenters. The smallest absolute Gasteiger partial charge is 0.116 e. The molecule has 0 saturated heterocycles. The zero-order valence-corrected chi connectivity index (χ0v) is 17.6. The minimum atomic E-state index is 0.853. The molecular weight excluding hydrogens is 400 g/mol. The molecule has 0 fully saturated rings. The highest BCUT2D eigenvalue weighted by atomic mass is 16.3. The van der Waals surface area contributed by atoms with Crippen LogP contribution in [0.15, 0.2) is 78.0 Å². The first-order chi connectivity index (χ1) is 15.7. The van der Waals surface area contributed by atoms with E-state index in [0.29, 0.717) is 0 Å². The van der Waals surface area contributed by atoms with Gasteiger partial charge >= 0.3 is 0 Å². The summed E-state index contributed by atoms with van der Waals surface area (Å²) in [4.78, 5) is 14.6. The number of pyridine rings is 2. The van der Waals surface area contributed by atoms with E-state index in [0.717, 1.165) is 61.3 Å². The van der Waals surface area contributed by atoms with Gasteiger partial charge in [0.1, 0.15) is 5.69 Å². The maximum Gasteiger partial charge on any atom is 0.116 e. The highest BCUT2D eigenvalue weighted by molar-refractivity contribution is 6.01. The van der Waals surface area contributed by atoms with Gasteiger partial charge in [-0.3, -0.25) is 15.1 Å². The first kappa shape index (κ1) is 18.4. The topological polar surface area (TPSA) is 86.6 Å². The first-order valence-electron chi connectivity index (χ1n) is 10.3. The Hall–Kier alpha value is -4.39. The molecule has 0 radical (unpaired) electrons. The molecule has 0 bridgehead atoms. The van der Waals surface area contributed by atoms with Gasteiger partial charge in [0.25, 0.3) is 0 Å². The lowest BCUT2D eigenvalue weighted by molar-refractivity contribution is 0.568. The third kappa shape index (κ3) is 2.94. The van der Waals surface area contributed by atoms with E-state index in [1.54, 1.807) is 12.5 Å². The van der Waals surface area contributed by atoms with Crippen LogP contribution < -0.4 is 4.90 Å². The highest BCUT2D eigenvalue weighted by Crippen LogP contribution is 2.35. The molecule has 0 amide bonds. The van der Waals surface area contributed by atoms with Gasteiger partial charge in [0.2, 0.25) is 0 Å². The number of fused-ring (bicyclic) bond motifs is 2. The van der Waals surface area contributed by atoms with Crippen molar-refractivity contribution in [2.45, 2.75) is 0 Å². The molecule has 7 heteroatoms. The monoisotopic (exact) mass is 420 g/mol. The molecule has 0 spiro atoms. The number of rotatable bonds is 4. The molecule has 6 rings (SSSR count). The fourth-order valence-corrected chi connectivity index (χ4v) is 4.04. The Bertz CT molecular complexity index is 1560. The summed E-state index contributed by atoms with van der Waals surface area (Å²) >= 11 is 0. The number of aromatic nitrogens is 5. The number of nitrogens with one attached hydrogen (secondary N) is 2. The van der Waals surface area contributed by atoms with Crippen LogP contribution in [0.3, 0.4) is 0 Å². The average Bonchev–Trinajstić information content (AvgIpc) is 3.57. The summed E-state index contributed by atoms with van der Waals surface area (Å²) in [5.41, 5.74) is 8.74. The lowest BCUT2D eigenvalue weighted by Crippen LogP contribution is -2.08. The second-order valence-corrected chi connectivity index (χ2v) is 7.98. The average molecular weight is 420 g/mol. The summed E-state index contributed by atoms with van der Waals surface area (Å²) in [6, 6.07) is 14.5. The van der Waals surface area contributed by atoms with Crippen LogP contribution in [0.25, 0.3) is 55.6 Å². The van der Waals surface area contributed by atoms with Crippen LogP contribution in [0.2, 0.25) is 0 Å². The van der Waals surface area contributed by atoms with Crippen molar-refractivity contribution in [1.82, 2.24) is 25.1 Å². The highest BCUT2D eigenvalue weighted by Gasteiger charge is 2.15. The maximum atomic E-state index is 5.29. The zero-order chi connectivity index (χ0) is 21.7. The van der Waals surface area contributed by atoms with Crippen molar-refractivity contribution >= 4 is 27.5 Å². The second kappa shape index (κ2) is 7.09. The first-order valence-corrected chi connectivity index (χ1v) is 10.3. The molecule has 32 heavy (non-hydrogen) atoms. The van der Waals surface area contributed by atoms with Crippen molar-refractivity contribution in [3.8, 4) is 33.8 Å². The summed E-state index contributed by atoms with van der Waals surface area (Å²) in [7, 11) is 4.00. The minimum absolute atomic E-state index is 0.853. The van der Waals surface area contributed by atoms with E-state index >= 15 is 0 Å². The molecule has 5 aromatic heterocycles. The van der Waals surface area contributed by atoms with E-state index in [1.165, 1.54) is 0 Å². The fourth-order valence-electron chi connectivity index (χ4n) is 4.04. The van der Waals surface area contributed by atoms with Crippen molar-refractivity contribution in [2.75, 3.05) is 19.0 Å². The Morgan fingerprint density at radius 2 is 1.84 bits per heavy atom. The number of hydrogen-bond acceptors (Lipinski definition) is 5. The van der Waals surface area contributed by atoms with Crippen molar-refractivity contribution in [1.29, 1.82) is 0 Å². The lowest BCUT2D eigenvalue weighted by atomic mass is 10.0. The van der Waals surface area contributed by atoms with Gasteiger partial charge in [-0.25, -0.2) is 0 Å². The van der Waals surface area contributed by atoms with Crippen molar-refractivity contribution < 1.29 is 4.42 Å². The van der Waals surface area contributed by atoms with Crippen molar-refractivity contribution in [2.24, 2.45) is 0 Å². The van der Waals surface area contributed by atoms with E-state index in [9.17, 15) is 0 Å². The van der Waals surface area contributed by atoms with Crippen LogP contribution >= 0.6 is 0 Å². The van der Waals surface area contributed by atoms with E-state index in [-0.39, 0.29) is 0 Å². The Labute approximate surface area is 183 Å². The number of hydrogen-bond donors (Lipinski definition) is 2. The number of anilines is 1. The Morgan fingerprint density at radius 3 is 2.69 bits per heavy atom. The summed E-state index contributed by atoms with van der Waals surface area (Å²) in [5, 5.41) is 9.83. The van der Waals surface area contributed by atoms with Gasteiger partial charge in [-0.05, 0) is 35.9 Å². The third-order valence-corrected chi connectivity index (χ3v) is 5.73. The molecule has 2 N–H and O–H groups in total. The molecule has 1 aromatic carbocycles. The fraction of sp³-hybridized carbons (Fsp3) is 0.0800. The van der Waals surface area contributed by atoms with Gasteiger partial charge in [0.15, 0.2) is 0 Å². The van der Waals surface area contributed by atoms with Crippen LogP contribution in [-0.2, 0) is 0 Å². The Balaban J connectivity index is 1.49. The molecular formula is C25H20N6O. The SMILES string of the molecule is CN(C)c1cncc(-c2cc3c(-c4cc5c(-c6ccoc6)cccc5[nH]4)n[nH]c3cn2)c1. The van der Waals surface area contributed by atoms with Gasteiger partial charge in [-0.1, -0.05) is 12.1 Å².